The molecule has 1 aromatic heterocycles. The molecule has 1 saturated carbocycles. The number of aromatic nitrogens is 2. The molecule has 0 bridgehead atoms. The van der Waals surface area contributed by atoms with Crippen LogP contribution in [-0.2, 0) is 4.79 Å². The van der Waals surface area contributed by atoms with Crippen molar-refractivity contribution in [2.45, 2.75) is 26.7 Å². The average Bonchev–Trinajstić information content (AvgIpc) is 3.48. The minimum Gasteiger partial charge on any atom is -0.402 e. The molecule has 0 saturated heterocycles. The first-order valence-electron chi connectivity index (χ1n) is 8.25. The van der Waals surface area contributed by atoms with Crippen LogP contribution in [0.1, 0.15) is 38.1 Å². The first kappa shape index (κ1) is 19.5. The van der Waals surface area contributed by atoms with Crippen LogP contribution in [0.15, 0.2) is 42.7 Å². The molecule has 0 unspecified atom stereocenters. The molecule has 0 atom stereocenters. The van der Waals surface area contributed by atoms with E-state index in [0.717, 1.165) is 24.5 Å². The van der Waals surface area contributed by atoms with Crippen molar-refractivity contribution in [1.29, 1.82) is 0 Å². The number of hydrogen-bond donors (Lipinski definition) is 4. The fraction of sp³-hybridized carbons (Fsp3) is 0.278. The summed E-state index contributed by atoms with van der Waals surface area (Å²) in [4.78, 5) is 20.7. The zero-order chi connectivity index (χ0) is 19.1. The van der Waals surface area contributed by atoms with Crippen LogP contribution in [0.3, 0.4) is 0 Å². The largest absolute Gasteiger partial charge is 0.402 e. The number of quaternary nitrogens is 1. The van der Waals surface area contributed by atoms with E-state index in [1.54, 1.807) is 32.1 Å². The molecule has 1 heterocycles. The fourth-order valence-corrected chi connectivity index (χ4v) is 2.30. The van der Waals surface area contributed by atoms with Gasteiger partial charge < -0.3 is 11.1 Å². The summed E-state index contributed by atoms with van der Waals surface area (Å²) in [5, 5.41) is 11.5. The predicted octanol–water partition coefficient (Wildman–Crippen LogP) is 1.87. The summed E-state index contributed by atoms with van der Waals surface area (Å²) < 4.78 is 14.1. The van der Waals surface area contributed by atoms with Gasteiger partial charge in [-0.3, -0.25) is 9.78 Å². The number of hydroxylamine groups is 1. The molecule has 0 radical (unpaired) electrons. The van der Waals surface area contributed by atoms with Crippen molar-refractivity contribution < 1.29 is 19.9 Å². The number of allylic oxidation sites excluding steroid dienone is 6. The van der Waals surface area contributed by atoms with E-state index in [9.17, 15) is 9.18 Å². The maximum absolute atomic E-state index is 14.1. The van der Waals surface area contributed by atoms with Crippen LogP contribution in [0.4, 0.5) is 10.2 Å². The van der Waals surface area contributed by atoms with Crippen LogP contribution >= 0.6 is 0 Å². The highest BCUT2D eigenvalue weighted by molar-refractivity contribution is 5.93. The quantitative estimate of drug-likeness (QED) is 0.437. The SMILES string of the molecule is C/C=C(\C(F)=C/N)c1ncc(NC(=O)C2CC2)nc1/C(C)=C/C=C\[NH2+]O. The van der Waals surface area contributed by atoms with Crippen LogP contribution in [0.5, 0.6) is 0 Å². The van der Waals surface area contributed by atoms with Gasteiger partial charge in [-0.2, -0.15) is 5.48 Å². The van der Waals surface area contributed by atoms with E-state index in [4.69, 9.17) is 10.9 Å². The van der Waals surface area contributed by atoms with Gasteiger partial charge >= 0.3 is 0 Å². The van der Waals surface area contributed by atoms with Gasteiger partial charge in [-0.15, -0.1) is 0 Å². The normalized spacial score (nSPS) is 16.2. The molecule has 138 valence electrons. The van der Waals surface area contributed by atoms with E-state index >= 15 is 0 Å². The van der Waals surface area contributed by atoms with Crippen molar-refractivity contribution in [3.8, 4) is 0 Å². The van der Waals surface area contributed by atoms with Crippen LogP contribution in [0.2, 0.25) is 0 Å². The van der Waals surface area contributed by atoms with Gasteiger partial charge in [0.15, 0.2) is 5.82 Å². The molecule has 1 aliphatic carbocycles. The minimum atomic E-state index is -0.621. The predicted molar refractivity (Wildman–Crippen MR) is 96.9 cm³/mol. The van der Waals surface area contributed by atoms with Crippen LogP contribution in [0, 0.1) is 5.92 Å². The lowest BCUT2D eigenvalue weighted by Crippen LogP contribution is -2.73. The van der Waals surface area contributed by atoms with Crippen molar-refractivity contribution in [2.75, 3.05) is 5.32 Å². The summed E-state index contributed by atoms with van der Waals surface area (Å²) >= 11 is 0. The molecule has 8 heteroatoms. The summed E-state index contributed by atoms with van der Waals surface area (Å²) in [6.45, 7) is 3.45. The molecule has 7 nitrogen and oxygen atoms in total. The molecule has 1 fully saturated rings. The highest BCUT2D eigenvalue weighted by Crippen LogP contribution is 2.31. The Morgan fingerprint density at radius 3 is 2.77 bits per heavy atom. The highest BCUT2D eigenvalue weighted by atomic mass is 19.1. The number of nitrogens with two attached hydrogens (primary N) is 2. The van der Waals surface area contributed by atoms with E-state index in [1.807, 2.05) is 0 Å². The van der Waals surface area contributed by atoms with E-state index < -0.39 is 5.83 Å². The van der Waals surface area contributed by atoms with Crippen LogP contribution in [0.25, 0.3) is 11.1 Å². The van der Waals surface area contributed by atoms with Crippen molar-refractivity contribution >= 4 is 22.9 Å². The van der Waals surface area contributed by atoms with Gasteiger partial charge in [-0.05, 0) is 38.3 Å². The molecule has 1 aromatic rings. The first-order chi connectivity index (χ1) is 12.5. The maximum Gasteiger partial charge on any atom is 0.228 e. The Labute approximate surface area is 151 Å². The van der Waals surface area contributed by atoms with Gasteiger partial charge in [0, 0.05) is 17.7 Å². The molecule has 2 rings (SSSR count). The van der Waals surface area contributed by atoms with Crippen molar-refractivity contribution in [3.05, 3.63) is 54.0 Å². The van der Waals surface area contributed by atoms with Crippen molar-refractivity contribution in [2.24, 2.45) is 11.7 Å². The number of nitrogens with one attached hydrogen (secondary N) is 1. The van der Waals surface area contributed by atoms with Gasteiger partial charge in [-0.1, -0.05) is 12.2 Å². The Hall–Kier alpha value is -2.84. The number of halogens is 1. The monoisotopic (exact) mass is 360 g/mol. The third-order valence-corrected chi connectivity index (χ3v) is 3.84. The van der Waals surface area contributed by atoms with E-state index in [2.05, 4.69) is 15.3 Å². The highest BCUT2D eigenvalue weighted by Gasteiger charge is 2.30. The summed E-state index contributed by atoms with van der Waals surface area (Å²) in [6.07, 6.45) is 10.3. The molecule has 0 aliphatic heterocycles. The van der Waals surface area contributed by atoms with Gasteiger partial charge in [-0.25, -0.2) is 14.6 Å². The number of carbonyl (C=O) groups excluding carboxylic acids is 1. The Morgan fingerprint density at radius 2 is 2.19 bits per heavy atom. The van der Waals surface area contributed by atoms with Gasteiger partial charge in [0.1, 0.15) is 12.0 Å². The minimum absolute atomic E-state index is 0.0308. The Morgan fingerprint density at radius 1 is 1.46 bits per heavy atom. The maximum atomic E-state index is 14.1. The smallest absolute Gasteiger partial charge is 0.228 e. The second-order valence-electron chi connectivity index (χ2n) is 5.82. The van der Waals surface area contributed by atoms with Gasteiger partial charge in [0.05, 0.1) is 17.6 Å². The van der Waals surface area contributed by atoms with Crippen LogP contribution in [-0.4, -0.2) is 21.1 Å². The molecule has 0 aromatic carbocycles. The number of rotatable bonds is 7. The number of anilines is 1. The lowest BCUT2D eigenvalue weighted by molar-refractivity contribution is -0.838. The lowest BCUT2D eigenvalue weighted by Gasteiger charge is -2.12. The lowest BCUT2D eigenvalue weighted by atomic mass is 10.0. The van der Waals surface area contributed by atoms with E-state index in [0.29, 0.717) is 22.8 Å². The topological polar surface area (TPSA) is 118 Å². The van der Waals surface area contributed by atoms with Crippen LogP contribution < -0.4 is 16.5 Å². The number of nitrogens with zero attached hydrogens (tertiary/aromatic N) is 2. The average molecular weight is 360 g/mol. The Kier molecular flexibility index (Phi) is 6.76. The number of hydrogen-bond acceptors (Lipinski definition) is 5. The Balaban J connectivity index is 2.47. The number of amides is 1. The molecular weight excluding hydrogens is 337 g/mol. The van der Waals surface area contributed by atoms with E-state index in [1.165, 1.54) is 12.4 Å². The third kappa shape index (κ3) is 4.84. The molecule has 6 N–H and O–H groups in total. The molecule has 1 aliphatic rings. The summed E-state index contributed by atoms with van der Waals surface area (Å²) in [6, 6.07) is 0. The standard InChI is InChI=1S/C18H22FN5O2/c1-3-13(14(19)9-20)17-16(11(2)5-4-8-22-26)23-15(10-21-17)24-18(25)12-6-7-12/h3-5,8-10,12,22,26H,6-7,20H2,1-2H3,(H,23,24,25)/p+1/b8-4-,11-5+,13-3+,14-9+. The second-order valence-corrected chi connectivity index (χ2v) is 5.82. The van der Waals surface area contributed by atoms with E-state index in [-0.39, 0.29) is 17.4 Å². The zero-order valence-corrected chi connectivity index (χ0v) is 14.7. The molecule has 0 spiro atoms. The van der Waals surface area contributed by atoms with Crippen molar-refractivity contribution in [3.63, 3.8) is 0 Å². The second kappa shape index (κ2) is 9.02. The Bertz CT molecular complexity index is 795. The summed E-state index contributed by atoms with van der Waals surface area (Å²) in [5.74, 6) is -0.374. The molecular formula is C18H23FN5O2+. The van der Waals surface area contributed by atoms with Gasteiger partial charge in [0.25, 0.3) is 0 Å². The van der Waals surface area contributed by atoms with Gasteiger partial charge in [0.2, 0.25) is 5.91 Å². The van der Waals surface area contributed by atoms with Crippen molar-refractivity contribution in [1.82, 2.24) is 9.97 Å². The zero-order valence-electron chi connectivity index (χ0n) is 14.7. The fourth-order valence-electron chi connectivity index (χ4n) is 2.30. The molecule has 1 amide bonds. The summed E-state index contributed by atoms with van der Waals surface area (Å²) in [5.41, 5.74) is 7.81. The summed E-state index contributed by atoms with van der Waals surface area (Å²) in [7, 11) is 0. The first-order valence-corrected chi connectivity index (χ1v) is 8.25. The molecule has 26 heavy (non-hydrogen) atoms. The number of carbonyl (C=O) groups is 1. The third-order valence-electron chi connectivity index (χ3n) is 3.84.